The number of carboxylic acid groups (broad SMARTS) is 1. The molecule has 3 unspecified atom stereocenters. The molecule has 3 aromatic rings. The molecule has 240 valence electrons. The van der Waals surface area contributed by atoms with Crippen molar-refractivity contribution >= 4 is 29.5 Å². The molecule has 4 rings (SSSR count). The fourth-order valence-electron chi connectivity index (χ4n) is 4.97. The first kappa shape index (κ1) is 34.1. The molecule has 0 aromatic heterocycles. The number of aliphatic hydroxyl groups excluding tert-OH is 1. The van der Waals surface area contributed by atoms with E-state index < -0.39 is 18.2 Å². The number of hydrogen-bond acceptors (Lipinski definition) is 8. The van der Waals surface area contributed by atoms with Crippen molar-refractivity contribution in [3.05, 3.63) is 101 Å². The smallest absolute Gasteiger partial charge is 0.335 e. The summed E-state index contributed by atoms with van der Waals surface area (Å²) in [6, 6.07) is 22.3. The average molecular weight is 637 g/mol. The van der Waals surface area contributed by atoms with Crippen LogP contribution in [0.2, 0.25) is 0 Å². The van der Waals surface area contributed by atoms with Crippen LogP contribution in [0, 0.1) is 0 Å². The highest BCUT2D eigenvalue weighted by atomic mass is 32.2. The second-order valence-electron chi connectivity index (χ2n) is 11.0. The Morgan fingerprint density at radius 1 is 0.778 bits per heavy atom. The summed E-state index contributed by atoms with van der Waals surface area (Å²) in [5.74, 6) is -0.727. The molecule has 10 nitrogen and oxygen atoms in total. The molecule has 3 atom stereocenters. The second kappa shape index (κ2) is 17.7. The van der Waals surface area contributed by atoms with Gasteiger partial charge in [0.15, 0.2) is 6.29 Å². The van der Waals surface area contributed by atoms with Crippen LogP contribution in [0.25, 0.3) is 0 Å². The van der Waals surface area contributed by atoms with Crippen molar-refractivity contribution in [2.45, 2.75) is 81.5 Å². The Morgan fingerprint density at radius 2 is 1.40 bits per heavy atom. The number of unbranched alkanes of at least 4 members (excludes halogenated alkanes) is 3. The maximum absolute atomic E-state index is 12.3. The number of amides is 2. The van der Waals surface area contributed by atoms with E-state index in [1.54, 1.807) is 41.5 Å². The van der Waals surface area contributed by atoms with Crippen LogP contribution in [0.4, 0.5) is 0 Å². The van der Waals surface area contributed by atoms with Gasteiger partial charge in [-0.3, -0.25) is 14.8 Å². The third-order valence-corrected chi connectivity index (χ3v) is 8.72. The monoisotopic (exact) mass is 636 g/mol. The minimum atomic E-state index is -0.957. The molecule has 1 fully saturated rings. The fourth-order valence-corrected chi connectivity index (χ4v) is 5.89. The van der Waals surface area contributed by atoms with E-state index in [-0.39, 0.29) is 36.7 Å². The van der Waals surface area contributed by atoms with Gasteiger partial charge in [0.05, 0.1) is 24.4 Å². The number of aromatic carboxylic acids is 1. The number of hydrogen-bond donors (Lipinski definition) is 5. The molecule has 1 saturated heterocycles. The van der Waals surface area contributed by atoms with E-state index >= 15 is 0 Å². The lowest BCUT2D eigenvalue weighted by Gasteiger charge is -2.36. The van der Waals surface area contributed by atoms with Crippen LogP contribution in [0.1, 0.15) is 90.0 Å². The van der Waals surface area contributed by atoms with Gasteiger partial charge in [-0.05, 0) is 53.8 Å². The van der Waals surface area contributed by atoms with E-state index in [4.69, 9.17) is 14.7 Å². The lowest BCUT2D eigenvalue weighted by molar-refractivity contribution is -0.245. The van der Waals surface area contributed by atoms with Gasteiger partial charge in [0, 0.05) is 42.0 Å². The van der Waals surface area contributed by atoms with E-state index in [1.807, 2.05) is 48.5 Å². The molecular weight excluding hydrogens is 596 g/mol. The summed E-state index contributed by atoms with van der Waals surface area (Å²) in [5.41, 5.74) is 5.49. The lowest BCUT2D eigenvalue weighted by atomic mass is 10.0. The second-order valence-corrected chi connectivity index (χ2v) is 12.1. The fraction of sp³-hybridized carbons (Fsp3) is 0.382. The van der Waals surface area contributed by atoms with Crippen LogP contribution < -0.4 is 10.8 Å². The van der Waals surface area contributed by atoms with E-state index in [2.05, 4.69) is 5.32 Å². The first-order valence-corrected chi connectivity index (χ1v) is 16.1. The predicted molar refractivity (Wildman–Crippen MR) is 168 cm³/mol. The highest BCUT2D eigenvalue weighted by molar-refractivity contribution is 7.99. The number of hydroxylamine groups is 1. The van der Waals surface area contributed by atoms with Gasteiger partial charge >= 0.3 is 5.97 Å². The summed E-state index contributed by atoms with van der Waals surface area (Å²) in [5, 5.41) is 30.1. The van der Waals surface area contributed by atoms with Crippen molar-refractivity contribution < 1.29 is 39.3 Å². The molecule has 3 aromatic carbocycles. The van der Waals surface area contributed by atoms with Gasteiger partial charge in [0.1, 0.15) is 0 Å². The molecule has 0 aliphatic carbocycles. The van der Waals surface area contributed by atoms with Crippen LogP contribution in [0.15, 0.2) is 77.7 Å². The van der Waals surface area contributed by atoms with Gasteiger partial charge in [-0.25, -0.2) is 10.3 Å². The minimum absolute atomic E-state index is 0.0286. The van der Waals surface area contributed by atoms with Crippen molar-refractivity contribution in [1.82, 2.24) is 10.8 Å². The summed E-state index contributed by atoms with van der Waals surface area (Å²) < 4.78 is 12.8. The summed E-state index contributed by atoms with van der Waals surface area (Å²) in [6.07, 6.45) is 3.43. The van der Waals surface area contributed by atoms with E-state index in [0.29, 0.717) is 31.6 Å². The van der Waals surface area contributed by atoms with Gasteiger partial charge < -0.3 is 25.0 Å². The molecule has 1 aliphatic rings. The molecule has 2 amide bonds. The quantitative estimate of drug-likeness (QED) is 0.0578. The van der Waals surface area contributed by atoms with E-state index in [9.17, 15) is 24.6 Å². The number of benzene rings is 3. The number of aliphatic hydroxyl groups is 1. The molecule has 0 spiro atoms. The zero-order chi connectivity index (χ0) is 32.0. The van der Waals surface area contributed by atoms with Crippen LogP contribution in [0.5, 0.6) is 0 Å². The Hall–Kier alpha value is -3.74. The summed E-state index contributed by atoms with van der Waals surface area (Å²) in [7, 11) is 0. The van der Waals surface area contributed by atoms with Crippen LogP contribution >= 0.6 is 11.8 Å². The van der Waals surface area contributed by atoms with Gasteiger partial charge in [0.25, 0.3) is 0 Å². The number of carbonyl (C=O) groups excluding carboxylic acids is 2. The van der Waals surface area contributed by atoms with E-state index in [0.717, 1.165) is 46.4 Å². The Labute approximate surface area is 267 Å². The summed E-state index contributed by atoms with van der Waals surface area (Å²) in [4.78, 5) is 35.5. The van der Waals surface area contributed by atoms with Crippen molar-refractivity contribution in [1.29, 1.82) is 0 Å². The molecular formula is C34H40N2O8S. The van der Waals surface area contributed by atoms with Crippen molar-refractivity contribution in [3.8, 4) is 0 Å². The standard InChI is InChI=1S/C34H40N2O8S/c37-21-24-9-11-25(12-10-24)30-19-28(22-45-29-17-15-26(16-18-29)33(40)41)43-34(44-30)27-13-7-23(8-14-27)20-35-31(38)5-3-1-2-4-6-32(39)36-42/h7-18,28,30,34,37,42H,1-6,19-22H2,(H,35,38)(H,36,39)(H,40,41). The highest BCUT2D eigenvalue weighted by Crippen LogP contribution is 2.39. The van der Waals surface area contributed by atoms with Crippen LogP contribution in [0.3, 0.4) is 0 Å². The van der Waals surface area contributed by atoms with Crippen LogP contribution in [-0.2, 0) is 32.2 Å². The first-order valence-electron chi connectivity index (χ1n) is 15.1. The normalized spacial score (nSPS) is 17.9. The van der Waals surface area contributed by atoms with Crippen LogP contribution in [-0.4, -0.2) is 45.1 Å². The molecule has 0 saturated carbocycles. The maximum Gasteiger partial charge on any atom is 0.335 e. The Balaban J connectivity index is 1.32. The molecule has 0 bridgehead atoms. The Morgan fingerprint density at radius 3 is 2.02 bits per heavy atom. The number of carboxylic acids is 1. The Kier molecular flexibility index (Phi) is 13.4. The number of nitrogens with one attached hydrogen (secondary N) is 2. The molecule has 11 heteroatoms. The molecule has 0 radical (unpaired) electrons. The number of carbonyl (C=O) groups is 3. The molecule has 1 aliphatic heterocycles. The Bertz CT molecular complexity index is 1380. The largest absolute Gasteiger partial charge is 0.478 e. The average Bonchev–Trinajstić information content (AvgIpc) is 3.08. The van der Waals surface area contributed by atoms with Gasteiger partial charge in [-0.2, -0.15) is 0 Å². The molecule has 5 N–H and O–H groups in total. The molecule has 45 heavy (non-hydrogen) atoms. The number of ether oxygens (including phenoxy) is 2. The third kappa shape index (κ3) is 11.0. The van der Waals surface area contributed by atoms with Crippen molar-refractivity contribution in [2.75, 3.05) is 5.75 Å². The first-order chi connectivity index (χ1) is 21.8. The van der Waals surface area contributed by atoms with Gasteiger partial charge in [-0.15, -0.1) is 11.8 Å². The van der Waals surface area contributed by atoms with Gasteiger partial charge in [0.2, 0.25) is 11.8 Å². The lowest BCUT2D eigenvalue weighted by Crippen LogP contribution is -2.31. The third-order valence-electron chi connectivity index (χ3n) is 7.58. The summed E-state index contributed by atoms with van der Waals surface area (Å²) >= 11 is 1.60. The zero-order valence-electron chi connectivity index (χ0n) is 25.0. The van der Waals surface area contributed by atoms with Crippen molar-refractivity contribution in [2.24, 2.45) is 0 Å². The highest BCUT2D eigenvalue weighted by Gasteiger charge is 2.32. The predicted octanol–water partition coefficient (Wildman–Crippen LogP) is 5.68. The zero-order valence-corrected chi connectivity index (χ0v) is 25.8. The van der Waals surface area contributed by atoms with Gasteiger partial charge in [-0.1, -0.05) is 61.4 Å². The molecule has 1 heterocycles. The topological polar surface area (TPSA) is 154 Å². The number of thioether (sulfide) groups is 1. The SMILES string of the molecule is O=C(CCCCCCC(=O)NCc1ccc(C2OC(CSc3ccc(C(=O)O)cc3)CC(c3ccc(CO)cc3)O2)cc1)NO. The summed E-state index contributed by atoms with van der Waals surface area (Å²) in [6.45, 7) is 0.375. The maximum atomic E-state index is 12.3. The van der Waals surface area contributed by atoms with E-state index in [1.165, 1.54) is 0 Å². The minimum Gasteiger partial charge on any atom is -0.478 e. The number of rotatable bonds is 16. The van der Waals surface area contributed by atoms with Crippen molar-refractivity contribution in [3.63, 3.8) is 0 Å².